The summed E-state index contributed by atoms with van der Waals surface area (Å²) < 4.78 is 0. The lowest BCUT2D eigenvalue weighted by Crippen LogP contribution is -2.23. The van der Waals surface area contributed by atoms with E-state index in [0.29, 0.717) is 16.4 Å². The number of hydrogen-bond acceptors (Lipinski definition) is 4. The van der Waals surface area contributed by atoms with Crippen molar-refractivity contribution >= 4 is 39.9 Å². The highest BCUT2D eigenvalue weighted by Gasteiger charge is 2.19. The third-order valence-corrected chi connectivity index (χ3v) is 5.14. The lowest BCUT2D eigenvalue weighted by atomic mass is 10.1. The van der Waals surface area contributed by atoms with Gasteiger partial charge in [-0.25, -0.2) is 4.98 Å². The highest BCUT2D eigenvalue weighted by molar-refractivity contribution is 7.14. The third kappa shape index (κ3) is 4.20. The summed E-state index contributed by atoms with van der Waals surface area (Å²) in [7, 11) is 0. The zero-order chi connectivity index (χ0) is 19.4. The summed E-state index contributed by atoms with van der Waals surface area (Å²) >= 11 is 1.37. The molecule has 0 bridgehead atoms. The Labute approximate surface area is 162 Å². The number of carbonyl (C=O) groups excluding carboxylic acids is 2. The molecule has 0 fully saturated rings. The van der Waals surface area contributed by atoms with Crippen molar-refractivity contribution in [3.63, 3.8) is 0 Å². The van der Waals surface area contributed by atoms with Crippen LogP contribution in [-0.2, 0) is 4.79 Å². The summed E-state index contributed by atoms with van der Waals surface area (Å²) in [4.78, 5) is 30.6. The number of aryl methyl sites for hydroxylation is 1. The monoisotopic (exact) mass is 376 g/mol. The zero-order valence-electron chi connectivity index (χ0n) is 15.5. The second-order valence-corrected chi connectivity index (χ2v) is 7.03. The smallest absolute Gasteiger partial charge is 0.230 e. The second kappa shape index (κ2) is 8.10. The number of nitrogens with zero attached hydrogens (tertiary/aromatic N) is 2. The van der Waals surface area contributed by atoms with E-state index in [1.165, 1.54) is 24.3 Å². The van der Waals surface area contributed by atoms with Crippen molar-refractivity contribution in [1.82, 2.24) is 4.98 Å². The molecule has 5 heteroatoms. The molecule has 27 heavy (non-hydrogen) atoms. The van der Waals surface area contributed by atoms with Crippen molar-refractivity contribution in [1.29, 1.82) is 0 Å². The van der Waals surface area contributed by atoms with Crippen LogP contribution >= 0.6 is 11.3 Å². The van der Waals surface area contributed by atoms with Gasteiger partial charge in [0.25, 0.3) is 0 Å². The average Bonchev–Trinajstić information content (AvgIpc) is 3.12. The first-order valence-electron chi connectivity index (χ1n) is 8.57. The van der Waals surface area contributed by atoms with Gasteiger partial charge in [0, 0.05) is 17.9 Å². The van der Waals surface area contributed by atoms with Gasteiger partial charge in [0.1, 0.15) is 0 Å². The molecule has 0 spiro atoms. The van der Waals surface area contributed by atoms with Gasteiger partial charge in [0.2, 0.25) is 5.91 Å². The average molecular weight is 376 g/mol. The van der Waals surface area contributed by atoms with Crippen molar-refractivity contribution < 1.29 is 9.59 Å². The standard InChI is InChI=1S/C22H20N2O2S/c1-15-8-7-11-20(16(15)2)24(17(3)25)22-23-19(14-27-22)12-13-21(26)18-9-5-4-6-10-18/h4-14H,1-3H3/b13-12+. The number of allylic oxidation sites excluding steroid dienone is 1. The fourth-order valence-electron chi connectivity index (χ4n) is 2.70. The molecule has 2 aromatic carbocycles. The third-order valence-electron chi connectivity index (χ3n) is 4.30. The van der Waals surface area contributed by atoms with Gasteiger partial charge in [-0.3, -0.25) is 14.5 Å². The fourth-order valence-corrected chi connectivity index (χ4v) is 3.55. The van der Waals surface area contributed by atoms with E-state index in [2.05, 4.69) is 4.98 Å². The van der Waals surface area contributed by atoms with E-state index in [9.17, 15) is 9.59 Å². The molecule has 0 atom stereocenters. The number of benzene rings is 2. The van der Waals surface area contributed by atoms with Crippen LogP contribution < -0.4 is 4.90 Å². The molecule has 0 N–H and O–H groups in total. The van der Waals surface area contributed by atoms with E-state index < -0.39 is 0 Å². The Morgan fingerprint density at radius 2 is 1.78 bits per heavy atom. The van der Waals surface area contributed by atoms with Gasteiger partial charge < -0.3 is 0 Å². The van der Waals surface area contributed by atoms with Crippen molar-refractivity contribution in [2.45, 2.75) is 20.8 Å². The number of aromatic nitrogens is 1. The number of ketones is 1. The van der Waals surface area contributed by atoms with E-state index in [4.69, 9.17) is 0 Å². The molecule has 1 heterocycles. The Balaban J connectivity index is 1.87. The van der Waals surface area contributed by atoms with Crippen molar-refractivity contribution in [2.75, 3.05) is 4.90 Å². The Morgan fingerprint density at radius 3 is 2.48 bits per heavy atom. The molecule has 0 aliphatic carbocycles. The van der Waals surface area contributed by atoms with E-state index in [1.54, 1.807) is 23.1 Å². The summed E-state index contributed by atoms with van der Waals surface area (Å²) in [5, 5.41) is 2.42. The van der Waals surface area contributed by atoms with Gasteiger partial charge in [-0.2, -0.15) is 0 Å². The van der Waals surface area contributed by atoms with Crippen LogP contribution in [0.3, 0.4) is 0 Å². The Bertz CT molecular complexity index is 1010. The number of carbonyl (C=O) groups is 2. The van der Waals surface area contributed by atoms with Crippen molar-refractivity contribution in [2.24, 2.45) is 0 Å². The summed E-state index contributed by atoms with van der Waals surface area (Å²) in [5.74, 6) is -0.183. The molecular weight excluding hydrogens is 356 g/mol. The number of anilines is 2. The Hall–Kier alpha value is -3.05. The van der Waals surface area contributed by atoms with Crippen molar-refractivity contribution in [3.05, 3.63) is 82.4 Å². The molecule has 1 amide bonds. The number of rotatable bonds is 5. The summed E-state index contributed by atoms with van der Waals surface area (Å²) in [5.41, 5.74) is 4.26. The lowest BCUT2D eigenvalue weighted by Gasteiger charge is -2.21. The van der Waals surface area contributed by atoms with E-state index in [0.717, 1.165) is 16.8 Å². The lowest BCUT2D eigenvalue weighted by molar-refractivity contribution is -0.115. The molecule has 0 unspecified atom stereocenters. The Morgan fingerprint density at radius 1 is 1.04 bits per heavy atom. The topological polar surface area (TPSA) is 50.3 Å². The van der Waals surface area contributed by atoms with Crippen LogP contribution in [0.25, 0.3) is 6.08 Å². The maximum atomic E-state index is 12.3. The second-order valence-electron chi connectivity index (χ2n) is 6.19. The molecule has 4 nitrogen and oxygen atoms in total. The molecule has 0 saturated heterocycles. The minimum atomic E-state index is -0.103. The van der Waals surface area contributed by atoms with E-state index in [1.807, 2.05) is 55.6 Å². The van der Waals surface area contributed by atoms with Crippen LogP contribution in [0.15, 0.2) is 60.0 Å². The number of amides is 1. The SMILES string of the molecule is CC(=O)N(c1nc(/C=C/C(=O)c2ccccc2)cs1)c1cccc(C)c1C. The number of hydrogen-bond donors (Lipinski definition) is 0. The highest BCUT2D eigenvalue weighted by Crippen LogP contribution is 2.32. The molecule has 0 saturated carbocycles. The van der Waals surface area contributed by atoms with Gasteiger partial charge >= 0.3 is 0 Å². The molecule has 136 valence electrons. The van der Waals surface area contributed by atoms with Crippen molar-refractivity contribution in [3.8, 4) is 0 Å². The summed E-state index contributed by atoms with van der Waals surface area (Å²) in [6, 6.07) is 14.9. The predicted octanol–water partition coefficient (Wildman–Crippen LogP) is 5.34. The van der Waals surface area contributed by atoms with Crippen LogP contribution in [-0.4, -0.2) is 16.7 Å². The van der Waals surface area contributed by atoms with Gasteiger partial charge in [-0.1, -0.05) is 42.5 Å². The highest BCUT2D eigenvalue weighted by atomic mass is 32.1. The minimum absolute atomic E-state index is 0.0805. The molecule has 1 aromatic heterocycles. The first kappa shape index (κ1) is 18.7. The van der Waals surface area contributed by atoms with Crippen LogP contribution in [0.2, 0.25) is 0 Å². The first-order valence-corrected chi connectivity index (χ1v) is 9.45. The maximum absolute atomic E-state index is 12.3. The van der Waals surface area contributed by atoms with Crippen LogP contribution in [0, 0.1) is 13.8 Å². The van der Waals surface area contributed by atoms with E-state index in [-0.39, 0.29) is 11.7 Å². The van der Waals surface area contributed by atoms with Crippen LogP contribution in [0.1, 0.15) is 34.1 Å². The van der Waals surface area contributed by atoms with Gasteiger partial charge in [-0.05, 0) is 43.2 Å². The normalized spacial score (nSPS) is 10.9. The van der Waals surface area contributed by atoms with Crippen LogP contribution in [0.5, 0.6) is 0 Å². The molecule has 0 aliphatic rings. The summed E-state index contributed by atoms with van der Waals surface area (Å²) in [6.45, 7) is 5.54. The largest absolute Gasteiger partial charge is 0.289 e. The molecule has 0 aliphatic heterocycles. The maximum Gasteiger partial charge on any atom is 0.230 e. The van der Waals surface area contributed by atoms with Gasteiger partial charge in [-0.15, -0.1) is 11.3 Å². The first-order chi connectivity index (χ1) is 13.0. The minimum Gasteiger partial charge on any atom is -0.289 e. The quantitative estimate of drug-likeness (QED) is 0.446. The predicted molar refractivity (Wildman–Crippen MR) is 111 cm³/mol. The summed E-state index contributed by atoms with van der Waals surface area (Å²) in [6.07, 6.45) is 3.18. The molecule has 0 radical (unpaired) electrons. The zero-order valence-corrected chi connectivity index (χ0v) is 16.3. The molecule has 3 rings (SSSR count). The molecular formula is C22H20N2O2S. The number of thiazole rings is 1. The van der Waals surface area contributed by atoms with Gasteiger partial charge in [0.05, 0.1) is 11.4 Å². The molecule has 3 aromatic rings. The van der Waals surface area contributed by atoms with Crippen LogP contribution in [0.4, 0.5) is 10.8 Å². The Kier molecular flexibility index (Phi) is 5.62. The fraction of sp³-hybridized carbons (Fsp3) is 0.136. The van der Waals surface area contributed by atoms with E-state index >= 15 is 0 Å². The van der Waals surface area contributed by atoms with Gasteiger partial charge in [0.15, 0.2) is 10.9 Å².